The van der Waals surface area contributed by atoms with Crippen LogP contribution in [0.4, 0.5) is 4.79 Å². The molecule has 1 saturated heterocycles. The van der Waals surface area contributed by atoms with E-state index in [1.54, 1.807) is 4.90 Å². The highest BCUT2D eigenvalue weighted by Crippen LogP contribution is 2.20. The van der Waals surface area contributed by atoms with Crippen LogP contribution < -0.4 is 5.73 Å². The fourth-order valence-electron chi connectivity index (χ4n) is 2.83. The van der Waals surface area contributed by atoms with E-state index in [-0.39, 0.29) is 30.1 Å². The van der Waals surface area contributed by atoms with Crippen LogP contribution in [0.2, 0.25) is 0 Å². The van der Waals surface area contributed by atoms with Crippen molar-refractivity contribution in [3.05, 3.63) is 42.1 Å². The summed E-state index contributed by atoms with van der Waals surface area (Å²) in [4.78, 5) is 20.2. The highest BCUT2D eigenvalue weighted by atomic mass is 127. The molecule has 1 aliphatic rings. The SMILES string of the molecule is CC(C)(C)OC(=O)N1CCN(C(N)=NCc2cc(-c3ccccc3)on2)CC1.I. The van der Waals surface area contributed by atoms with Gasteiger partial charge in [0, 0.05) is 37.8 Å². The average molecular weight is 513 g/mol. The average Bonchev–Trinajstić information content (AvgIpc) is 3.15. The second-order valence-corrected chi connectivity index (χ2v) is 7.68. The third-order valence-corrected chi connectivity index (χ3v) is 4.28. The maximum absolute atomic E-state index is 12.1. The van der Waals surface area contributed by atoms with Crippen molar-refractivity contribution in [3.8, 4) is 11.3 Å². The van der Waals surface area contributed by atoms with Gasteiger partial charge in [0.2, 0.25) is 0 Å². The number of carbonyl (C=O) groups excluding carboxylic acids is 1. The molecule has 0 spiro atoms. The van der Waals surface area contributed by atoms with Gasteiger partial charge in [-0.1, -0.05) is 35.5 Å². The van der Waals surface area contributed by atoms with Crippen molar-refractivity contribution >= 4 is 36.0 Å². The lowest BCUT2D eigenvalue weighted by atomic mass is 10.2. The molecule has 0 unspecified atom stereocenters. The number of aromatic nitrogens is 1. The molecule has 29 heavy (non-hydrogen) atoms. The molecular formula is C20H28IN5O3. The smallest absolute Gasteiger partial charge is 0.410 e. The van der Waals surface area contributed by atoms with Gasteiger partial charge in [0.25, 0.3) is 0 Å². The number of aliphatic imine (C=N–C) groups is 1. The normalized spacial score (nSPS) is 15.1. The molecule has 1 aliphatic heterocycles. The van der Waals surface area contributed by atoms with E-state index in [9.17, 15) is 4.79 Å². The van der Waals surface area contributed by atoms with Crippen LogP contribution in [0.1, 0.15) is 26.5 Å². The Hall–Kier alpha value is -2.30. The van der Waals surface area contributed by atoms with Crippen LogP contribution >= 0.6 is 24.0 Å². The zero-order valence-electron chi connectivity index (χ0n) is 17.0. The Labute approximate surface area is 188 Å². The van der Waals surface area contributed by atoms with Crippen LogP contribution in [-0.4, -0.2) is 58.8 Å². The minimum Gasteiger partial charge on any atom is -0.444 e. The van der Waals surface area contributed by atoms with Crippen LogP contribution in [0.25, 0.3) is 11.3 Å². The Kier molecular flexibility index (Phi) is 7.88. The third kappa shape index (κ3) is 6.62. The maximum atomic E-state index is 12.1. The lowest BCUT2D eigenvalue weighted by Crippen LogP contribution is -2.53. The maximum Gasteiger partial charge on any atom is 0.410 e. The van der Waals surface area contributed by atoms with Crippen LogP contribution in [0.3, 0.4) is 0 Å². The number of hydrogen-bond acceptors (Lipinski definition) is 5. The second kappa shape index (κ2) is 9.95. The van der Waals surface area contributed by atoms with Gasteiger partial charge >= 0.3 is 6.09 Å². The molecule has 1 fully saturated rings. The van der Waals surface area contributed by atoms with Crippen molar-refractivity contribution in [1.29, 1.82) is 0 Å². The summed E-state index contributed by atoms with van der Waals surface area (Å²) >= 11 is 0. The fraction of sp³-hybridized carbons (Fsp3) is 0.450. The topological polar surface area (TPSA) is 97.2 Å². The molecule has 9 heteroatoms. The summed E-state index contributed by atoms with van der Waals surface area (Å²) in [6.45, 7) is 8.25. The van der Waals surface area contributed by atoms with E-state index in [4.69, 9.17) is 15.0 Å². The largest absolute Gasteiger partial charge is 0.444 e. The van der Waals surface area contributed by atoms with Crippen molar-refractivity contribution in [2.24, 2.45) is 10.7 Å². The number of rotatable bonds is 3. The van der Waals surface area contributed by atoms with Gasteiger partial charge in [-0.25, -0.2) is 9.79 Å². The Bertz CT molecular complexity index is 824. The first-order valence-electron chi connectivity index (χ1n) is 9.35. The molecule has 8 nitrogen and oxygen atoms in total. The first-order valence-corrected chi connectivity index (χ1v) is 9.35. The van der Waals surface area contributed by atoms with Gasteiger partial charge < -0.3 is 24.8 Å². The molecule has 2 heterocycles. The van der Waals surface area contributed by atoms with Gasteiger partial charge in [-0.2, -0.15) is 0 Å². The van der Waals surface area contributed by atoms with Gasteiger partial charge in [0.05, 0.1) is 6.54 Å². The zero-order chi connectivity index (χ0) is 20.1. The summed E-state index contributed by atoms with van der Waals surface area (Å²) in [6.07, 6.45) is -0.293. The van der Waals surface area contributed by atoms with E-state index >= 15 is 0 Å². The number of amides is 1. The minimum atomic E-state index is -0.495. The van der Waals surface area contributed by atoms with Crippen LogP contribution in [0.5, 0.6) is 0 Å². The molecule has 0 saturated carbocycles. The second-order valence-electron chi connectivity index (χ2n) is 7.68. The first kappa shape index (κ1) is 23.0. The van der Waals surface area contributed by atoms with E-state index in [1.165, 1.54) is 0 Å². The summed E-state index contributed by atoms with van der Waals surface area (Å²) in [7, 11) is 0. The Morgan fingerprint density at radius 2 is 1.79 bits per heavy atom. The van der Waals surface area contributed by atoms with Crippen LogP contribution in [0, 0.1) is 0 Å². The van der Waals surface area contributed by atoms with Gasteiger partial charge in [-0.15, -0.1) is 24.0 Å². The van der Waals surface area contributed by atoms with Gasteiger partial charge in [0.15, 0.2) is 11.7 Å². The lowest BCUT2D eigenvalue weighted by Gasteiger charge is -2.36. The predicted octanol–water partition coefficient (Wildman–Crippen LogP) is 3.33. The highest BCUT2D eigenvalue weighted by Gasteiger charge is 2.26. The molecule has 0 aliphatic carbocycles. The number of guanidine groups is 1. The van der Waals surface area contributed by atoms with E-state index in [0.717, 1.165) is 5.56 Å². The van der Waals surface area contributed by atoms with Gasteiger partial charge in [-0.3, -0.25) is 0 Å². The molecule has 0 atom stereocenters. The molecule has 3 rings (SSSR count). The van der Waals surface area contributed by atoms with Crippen LogP contribution in [-0.2, 0) is 11.3 Å². The number of benzene rings is 1. The monoisotopic (exact) mass is 513 g/mol. The molecule has 158 valence electrons. The number of ether oxygens (including phenoxy) is 1. The molecule has 1 aromatic carbocycles. The summed E-state index contributed by atoms with van der Waals surface area (Å²) < 4.78 is 10.8. The predicted molar refractivity (Wildman–Crippen MR) is 122 cm³/mol. The molecule has 2 aromatic rings. The van der Waals surface area contributed by atoms with Crippen molar-refractivity contribution < 1.29 is 14.1 Å². The standard InChI is InChI=1S/C20H27N5O3.HI/c1-20(2,3)27-19(26)25-11-9-24(10-12-25)18(21)22-14-16-13-17(28-23-16)15-7-5-4-6-8-15;/h4-8,13H,9-12,14H2,1-3H3,(H2,21,22);1H. The van der Waals surface area contributed by atoms with Crippen molar-refractivity contribution in [2.45, 2.75) is 32.9 Å². The van der Waals surface area contributed by atoms with Crippen molar-refractivity contribution in [1.82, 2.24) is 15.0 Å². The third-order valence-electron chi connectivity index (χ3n) is 4.28. The van der Waals surface area contributed by atoms with Crippen LogP contribution in [0.15, 0.2) is 45.9 Å². The Morgan fingerprint density at radius 3 is 2.41 bits per heavy atom. The van der Waals surface area contributed by atoms with E-state index in [2.05, 4.69) is 10.1 Å². The summed E-state index contributed by atoms with van der Waals surface area (Å²) in [5.41, 5.74) is 7.31. The molecule has 0 radical (unpaired) electrons. The van der Waals surface area contributed by atoms with Crippen molar-refractivity contribution in [3.63, 3.8) is 0 Å². The Balaban J connectivity index is 0.00000300. The highest BCUT2D eigenvalue weighted by molar-refractivity contribution is 14.0. The van der Waals surface area contributed by atoms with Gasteiger partial charge in [-0.05, 0) is 20.8 Å². The number of halogens is 1. The molecule has 1 aromatic heterocycles. The van der Waals surface area contributed by atoms with Crippen molar-refractivity contribution in [2.75, 3.05) is 26.2 Å². The molecule has 1 amide bonds. The minimum absolute atomic E-state index is 0. The fourth-order valence-corrected chi connectivity index (χ4v) is 2.83. The quantitative estimate of drug-likeness (QED) is 0.384. The summed E-state index contributed by atoms with van der Waals surface area (Å²) in [5.74, 6) is 1.14. The summed E-state index contributed by atoms with van der Waals surface area (Å²) in [5, 5.41) is 4.05. The first-order chi connectivity index (χ1) is 13.3. The number of hydrogen-bond donors (Lipinski definition) is 1. The van der Waals surface area contributed by atoms with E-state index in [0.29, 0.717) is 50.1 Å². The Morgan fingerprint density at radius 1 is 1.17 bits per heavy atom. The summed E-state index contributed by atoms with van der Waals surface area (Å²) in [6, 6.07) is 11.6. The van der Waals surface area contributed by atoms with Gasteiger partial charge in [0.1, 0.15) is 11.3 Å². The van der Waals surface area contributed by atoms with E-state index in [1.807, 2.05) is 62.1 Å². The molecule has 0 bridgehead atoms. The van der Waals surface area contributed by atoms with E-state index < -0.39 is 5.60 Å². The zero-order valence-corrected chi connectivity index (χ0v) is 19.3. The molecule has 2 N–H and O–H groups in total. The number of nitrogens with two attached hydrogens (primary N) is 1. The number of nitrogens with zero attached hydrogens (tertiary/aromatic N) is 4. The lowest BCUT2D eigenvalue weighted by molar-refractivity contribution is 0.0186. The number of piperazine rings is 1. The molecular weight excluding hydrogens is 485 g/mol. The number of carbonyl (C=O) groups is 1.